The molecule has 4 rings (SSSR count). The molecule has 0 N–H and O–H groups in total. The van der Waals surface area contributed by atoms with Gasteiger partial charge in [-0.3, -0.25) is 19.3 Å². The summed E-state index contributed by atoms with van der Waals surface area (Å²) >= 11 is 1.75. The Bertz CT molecular complexity index is 689. The highest BCUT2D eigenvalue weighted by Crippen LogP contribution is 2.38. The van der Waals surface area contributed by atoms with Gasteiger partial charge in [-0.1, -0.05) is 12.8 Å². The SMILES string of the molecule is C[C@@H]1c2ccsc2CCN1C(=O)CCN1C(=O)[C@H]2CCCC[C@@H]2C1=O. The number of thiophene rings is 1. The van der Waals surface area contributed by atoms with Gasteiger partial charge in [-0.25, -0.2) is 0 Å². The van der Waals surface area contributed by atoms with Crippen LogP contribution in [0.5, 0.6) is 0 Å². The second-order valence-corrected chi connectivity index (χ2v) is 8.39. The van der Waals surface area contributed by atoms with Crippen LogP contribution in [-0.4, -0.2) is 40.6 Å². The van der Waals surface area contributed by atoms with Crippen molar-refractivity contribution in [3.63, 3.8) is 0 Å². The first-order chi connectivity index (χ1) is 12.1. The highest BCUT2D eigenvalue weighted by Gasteiger charge is 2.48. The topological polar surface area (TPSA) is 57.7 Å². The fourth-order valence-corrected chi connectivity index (χ4v) is 5.62. The minimum atomic E-state index is -0.126. The van der Waals surface area contributed by atoms with Crippen LogP contribution in [0, 0.1) is 11.8 Å². The van der Waals surface area contributed by atoms with E-state index in [1.807, 2.05) is 4.90 Å². The van der Waals surface area contributed by atoms with Crippen molar-refractivity contribution in [2.24, 2.45) is 11.8 Å². The minimum absolute atomic E-state index is 0.0415. The molecule has 3 atom stereocenters. The van der Waals surface area contributed by atoms with Crippen molar-refractivity contribution < 1.29 is 14.4 Å². The van der Waals surface area contributed by atoms with E-state index in [0.717, 1.165) is 38.6 Å². The minimum Gasteiger partial charge on any atom is -0.335 e. The number of hydrogen-bond acceptors (Lipinski definition) is 4. The van der Waals surface area contributed by atoms with Gasteiger partial charge in [-0.05, 0) is 43.2 Å². The largest absolute Gasteiger partial charge is 0.335 e. The average molecular weight is 360 g/mol. The molecule has 6 heteroatoms. The Morgan fingerprint density at radius 3 is 2.56 bits per heavy atom. The summed E-state index contributed by atoms with van der Waals surface area (Å²) in [5, 5.41) is 2.08. The Labute approximate surface area is 152 Å². The molecule has 2 aliphatic heterocycles. The number of likely N-dealkylation sites (tertiary alicyclic amines) is 1. The maximum Gasteiger partial charge on any atom is 0.233 e. The van der Waals surface area contributed by atoms with Gasteiger partial charge in [0.2, 0.25) is 17.7 Å². The van der Waals surface area contributed by atoms with Crippen molar-refractivity contribution in [3.8, 4) is 0 Å². The Morgan fingerprint density at radius 1 is 1.20 bits per heavy atom. The summed E-state index contributed by atoms with van der Waals surface area (Å²) in [5.74, 6) is -0.305. The third-order valence-electron chi connectivity index (χ3n) is 6.08. The molecule has 1 saturated carbocycles. The first-order valence-corrected chi connectivity index (χ1v) is 10.2. The van der Waals surface area contributed by atoms with E-state index in [-0.39, 0.29) is 48.6 Å². The van der Waals surface area contributed by atoms with Crippen LogP contribution in [0.1, 0.15) is 55.5 Å². The number of imide groups is 1. The van der Waals surface area contributed by atoms with Gasteiger partial charge in [-0.2, -0.15) is 0 Å². The molecule has 5 nitrogen and oxygen atoms in total. The molecule has 0 spiro atoms. The fourth-order valence-electron chi connectivity index (χ4n) is 4.65. The van der Waals surface area contributed by atoms with Gasteiger partial charge < -0.3 is 4.90 Å². The smallest absolute Gasteiger partial charge is 0.233 e. The quantitative estimate of drug-likeness (QED) is 0.779. The second-order valence-electron chi connectivity index (χ2n) is 7.39. The standard InChI is InChI=1S/C19H24N2O3S/c1-12-13-8-11-25-16(13)6-9-20(12)17(22)7-10-21-18(23)14-4-2-3-5-15(14)19(21)24/h8,11-12,14-15H,2-7,9-10H2,1H3/t12-,14+,15+/m1/s1. The highest BCUT2D eigenvalue weighted by atomic mass is 32.1. The van der Waals surface area contributed by atoms with Crippen molar-refractivity contribution >= 4 is 29.1 Å². The first-order valence-electron chi connectivity index (χ1n) is 9.29. The summed E-state index contributed by atoms with van der Waals surface area (Å²) in [5.41, 5.74) is 1.24. The summed E-state index contributed by atoms with van der Waals surface area (Å²) in [6, 6.07) is 2.18. The molecule has 0 unspecified atom stereocenters. The summed E-state index contributed by atoms with van der Waals surface area (Å²) in [6.07, 6.45) is 4.84. The summed E-state index contributed by atoms with van der Waals surface area (Å²) in [7, 11) is 0. The predicted molar refractivity (Wildman–Crippen MR) is 94.9 cm³/mol. The monoisotopic (exact) mass is 360 g/mol. The van der Waals surface area contributed by atoms with E-state index < -0.39 is 0 Å². The molecule has 25 heavy (non-hydrogen) atoms. The van der Waals surface area contributed by atoms with Crippen LogP contribution >= 0.6 is 11.3 Å². The van der Waals surface area contributed by atoms with Crippen LogP contribution in [0.2, 0.25) is 0 Å². The van der Waals surface area contributed by atoms with Crippen molar-refractivity contribution in [1.29, 1.82) is 0 Å². The predicted octanol–water partition coefficient (Wildman–Crippen LogP) is 2.76. The Kier molecular flexibility index (Phi) is 4.40. The lowest BCUT2D eigenvalue weighted by Gasteiger charge is -2.34. The number of carbonyl (C=O) groups is 3. The molecule has 134 valence electrons. The fraction of sp³-hybridized carbons (Fsp3) is 0.632. The van der Waals surface area contributed by atoms with E-state index >= 15 is 0 Å². The van der Waals surface area contributed by atoms with Crippen molar-refractivity contribution in [3.05, 3.63) is 21.9 Å². The van der Waals surface area contributed by atoms with Gasteiger partial charge >= 0.3 is 0 Å². The van der Waals surface area contributed by atoms with Crippen molar-refractivity contribution in [2.45, 2.75) is 51.5 Å². The van der Waals surface area contributed by atoms with Crippen molar-refractivity contribution in [1.82, 2.24) is 9.80 Å². The molecule has 3 amide bonds. The van der Waals surface area contributed by atoms with E-state index in [1.165, 1.54) is 15.3 Å². The maximum atomic E-state index is 12.7. The first kappa shape index (κ1) is 16.8. The number of amides is 3. The van der Waals surface area contributed by atoms with Gasteiger partial charge in [0.05, 0.1) is 17.9 Å². The highest BCUT2D eigenvalue weighted by molar-refractivity contribution is 7.10. The molecular formula is C19H24N2O3S. The lowest BCUT2D eigenvalue weighted by atomic mass is 9.81. The number of rotatable bonds is 3. The number of carbonyl (C=O) groups excluding carboxylic acids is 3. The molecule has 3 heterocycles. The molecule has 1 aliphatic carbocycles. The molecule has 1 aromatic rings. The lowest BCUT2D eigenvalue weighted by Crippen LogP contribution is -2.41. The third-order valence-corrected chi connectivity index (χ3v) is 7.08. The molecule has 2 fully saturated rings. The van der Waals surface area contributed by atoms with Gasteiger partial charge in [0.1, 0.15) is 0 Å². The average Bonchev–Trinajstić information content (AvgIpc) is 3.19. The zero-order valence-corrected chi connectivity index (χ0v) is 15.4. The molecule has 3 aliphatic rings. The number of nitrogens with zero attached hydrogens (tertiary/aromatic N) is 2. The summed E-state index contributed by atoms with van der Waals surface area (Å²) < 4.78 is 0. The van der Waals surface area contributed by atoms with E-state index in [9.17, 15) is 14.4 Å². The Balaban J connectivity index is 1.39. The Morgan fingerprint density at radius 2 is 1.88 bits per heavy atom. The number of fused-ring (bicyclic) bond motifs is 2. The van der Waals surface area contributed by atoms with E-state index in [0.29, 0.717) is 0 Å². The van der Waals surface area contributed by atoms with E-state index in [1.54, 1.807) is 11.3 Å². The summed E-state index contributed by atoms with van der Waals surface area (Å²) in [4.78, 5) is 42.4. The third kappa shape index (κ3) is 2.80. The van der Waals surface area contributed by atoms with Gasteiger partial charge in [0.25, 0.3) is 0 Å². The van der Waals surface area contributed by atoms with Crippen LogP contribution in [0.25, 0.3) is 0 Å². The zero-order valence-electron chi connectivity index (χ0n) is 14.6. The van der Waals surface area contributed by atoms with Gasteiger partial charge in [0.15, 0.2) is 0 Å². The van der Waals surface area contributed by atoms with Crippen LogP contribution in [0.15, 0.2) is 11.4 Å². The van der Waals surface area contributed by atoms with E-state index in [2.05, 4.69) is 18.4 Å². The molecule has 1 saturated heterocycles. The zero-order chi connectivity index (χ0) is 17.6. The molecule has 0 bridgehead atoms. The van der Waals surface area contributed by atoms with Gasteiger partial charge in [0, 0.05) is 24.4 Å². The molecule has 0 radical (unpaired) electrons. The second kappa shape index (κ2) is 6.56. The number of hydrogen-bond donors (Lipinski definition) is 0. The van der Waals surface area contributed by atoms with Gasteiger partial charge in [-0.15, -0.1) is 11.3 Å². The van der Waals surface area contributed by atoms with E-state index in [4.69, 9.17) is 0 Å². The van der Waals surface area contributed by atoms with Crippen LogP contribution in [0.3, 0.4) is 0 Å². The normalized spacial score (nSPS) is 28.9. The lowest BCUT2D eigenvalue weighted by molar-refractivity contribution is -0.141. The molecule has 1 aromatic heterocycles. The molecular weight excluding hydrogens is 336 g/mol. The van der Waals surface area contributed by atoms with Crippen molar-refractivity contribution in [2.75, 3.05) is 13.1 Å². The molecule has 0 aromatic carbocycles. The Hall–Kier alpha value is -1.69. The van der Waals surface area contributed by atoms with Crippen LogP contribution in [0.4, 0.5) is 0 Å². The van der Waals surface area contributed by atoms with Crippen LogP contribution in [-0.2, 0) is 20.8 Å². The maximum absolute atomic E-state index is 12.7. The summed E-state index contributed by atoms with van der Waals surface area (Å²) in [6.45, 7) is 3.02. The van der Waals surface area contributed by atoms with Crippen LogP contribution < -0.4 is 0 Å².